The summed E-state index contributed by atoms with van der Waals surface area (Å²) in [5.41, 5.74) is 2.07. The lowest BCUT2D eigenvalue weighted by Gasteiger charge is -2.36. The lowest BCUT2D eigenvalue weighted by Crippen LogP contribution is -2.40. The van der Waals surface area contributed by atoms with Crippen LogP contribution in [0.2, 0.25) is 18.1 Å². The molecule has 2 heterocycles. The zero-order valence-corrected chi connectivity index (χ0v) is 17.0. The average Bonchev–Trinajstić information content (AvgIpc) is 2.90. The van der Waals surface area contributed by atoms with E-state index in [2.05, 4.69) is 51.5 Å². The summed E-state index contributed by atoms with van der Waals surface area (Å²) in [5, 5.41) is 0.165. The van der Waals surface area contributed by atoms with Gasteiger partial charge in [0.1, 0.15) is 6.61 Å². The van der Waals surface area contributed by atoms with E-state index in [0.29, 0.717) is 19.8 Å². The second kappa shape index (κ2) is 7.70. The molecule has 138 valence electrons. The Morgan fingerprint density at radius 2 is 2.20 bits per heavy atom. The van der Waals surface area contributed by atoms with E-state index in [1.54, 1.807) is 17.2 Å². The number of carbonyl (C=O) groups is 1. The minimum atomic E-state index is -1.82. The highest BCUT2D eigenvalue weighted by Gasteiger charge is 2.37. The monoisotopic (exact) mass is 362 g/mol. The van der Waals surface area contributed by atoms with Crippen LogP contribution in [-0.2, 0) is 22.2 Å². The first-order chi connectivity index (χ1) is 11.7. The van der Waals surface area contributed by atoms with Crippen LogP contribution in [0.3, 0.4) is 0 Å². The number of hydrogen-bond donors (Lipinski definition) is 0. The van der Waals surface area contributed by atoms with Crippen LogP contribution in [0, 0.1) is 0 Å². The maximum absolute atomic E-state index is 11.8. The van der Waals surface area contributed by atoms with Crippen LogP contribution < -0.4 is 0 Å². The number of cyclic esters (lactones) is 1. The molecule has 0 unspecified atom stereocenters. The first kappa shape index (κ1) is 19.7. The van der Waals surface area contributed by atoms with Crippen molar-refractivity contribution in [2.75, 3.05) is 13.2 Å². The van der Waals surface area contributed by atoms with Gasteiger partial charge in [-0.3, -0.25) is 9.88 Å². The van der Waals surface area contributed by atoms with Crippen molar-refractivity contribution < 1.29 is 14.0 Å². The molecule has 5 nitrogen and oxygen atoms in total. The predicted molar refractivity (Wildman–Crippen MR) is 102 cm³/mol. The molecule has 1 aliphatic rings. The average molecular weight is 363 g/mol. The first-order valence-electron chi connectivity index (χ1n) is 8.78. The van der Waals surface area contributed by atoms with E-state index >= 15 is 0 Å². The molecule has 1 fully saturated rings. The number of nitrogens with zero attached hydrogens (tertiary/aromatic N) is 2. The van der Waals surface area contributed by atoms with Crippen LogP contribution in [0.4, 0.5) is 4.79 Å². The second-order valence-corrected chi connectivity index (χ2v) is 12.8. The standard InChI is InChI=1S/C19H30N2O3Si/c1-7-16-13-23-18(22)21(16)12-10-15-9-8-11-20-17(15)14-24-25(5,6)19(2,3)4/h7-9,11,16H,1,10,12-14H2,2-6H3/t16-/m0/s1. The van der Waals surface area contributed by atoms with Gasteiger partial charge < -0.3 is 9.16 Å². The van der Waals surface area contributed by atoms with Gasteiger partial charge in [0.25, 0.3) is 0 Å². The van der Waals surface area contributed by atoms with E-state index in [1.807, 2.05) is 6.07 Å². The highest BCUT2D eigenvalue weighted by molar-refractivity contribution is 6.74. The Kier molecular flexibility index (Phi) is 6.06. The fourth-order valence-electron chi connectivity index (χ4n) is 2.45. The zero-order chi connectivity index (χ0) is 18.7. The van der Waals surface area contributed by atoms with Gasteiger partial charge >= 0.3 is 6.09 Å². The molecular formula is C19H30N2O3Si. The van der Waals surface area contributed by atoms with Gasteiger partial charge in [0.05, 0.1) is 18.3 Å². The third-order valence-corrected chi connectivity index (χ3v) is 9.75. The molecule has 1 aromatic rings. The van der Waals surface area contributed by atoms with E-state index in [4.69, 9.17) is 9.16 Å². The number of carbonyl (C=O) groups excluding carboxylic acids is 1. The molecule has 25 heavy (non-hydrogen) atoms. The Morgan fingerprint density at radius 1 is 1.48 bits per heavy atom. The normalized spacial score (nSPS) is 18.4. The number of aromatic nitrogens is 1. The molecule has 1 amide bonds. The Labute approximate surface area is 152 Å². The summed E-state index contributed by atoms with van der Waals surface area (Å²) in [7, 11) is -1.82. The van der Waals surface area contributed by atoms with Crippen LogP contribution in [0.1, 0.15) is 32.0 Å². The fourth-order valence-corrected chi connectivity index (χ4v) is 3.38. The van der Waals surface area contributed by atoms with E-state index < -0.39 is 8.32 Å². The topological polar surface area (TPSA) is 51.7 Å². The van der Waals surface area contributed by atoms with E-state index in [-0.39, 0.29) is 17.2 Å². The molecule has 2 rings (SSSR count). The molecule has 0 bridgehead atoms. The highest BCUT2D eigenvalue weighted by atomic mass is 28.4. The number of rotatable bonds is 7. The maximum Gasteiger partial charge on any atom is 0.410 e. The highest BCUT2D eigenvalue weighted by Crippen LogP contribution is 2.37. The van der Waals surface area contributed by atoms with Gasteiger partial charge in [-0.1, -0.05) is 32.9 Å². The van der Waals surface area contributed by atoms with Crippen LogP contribution >= 0.6 is 0 Å². The van der Waals surface area contributed by atoms with Crippen molar-refractivity contribution in [1.29, 1.82) is 0 Å². The van der Waals surface area contributed by atoms with Crippen LogP contribution in [0.15, 0.2) is 31.0 Å². The van der Waals surface area contributed by atoms with Crippen molar-refractivity contribution in [2.45, 2.75) is 58.0 Å². The Hall–Kier alpha value is -1.66. The largest absolute Gasteiger partial charge is 0.447 e. The molecule has 1 saturated heterocycles. The van der Waals surface area contributed by atoms with Gasteiger partial charge in [0.15, 0.2) is 8.32 Å². The smallest absolute Gasteiger partial charge is 0.410 e. The molecule has 0 spiro atoms. The Bertz CT molecular complexity index is 625. The molecule has 0 radical (unpaired) electrons. The van der Waals surface area contributed by atoms with Gasteiger partial charge in [-0.2, -0.15) is 0 Å². The van der Waals surface area contributed by atoms with Gasteiger partial charge in [0, 0.05) is 12.7 Å². The van der Waals surface area contributed by atoms with Gasteiger partial charge in [-0.05, 0) is 36.2 Å². The molecule has 0 aliphatic carbocycles. The number of hydrogen-bond acceptors (Lipinski definition) is 4. The Balaban J connectivity index is 2.03. The van der Waals surface area contributed by atoms with Crippen molar-refractivity contribution in [3.8, 4) is 0 Å². The second-order valence-electron chi connectivity index (χ2n) is 7.98. The summed E-state index contributed by atoms with van der Waals surface area (Å²) in [5.74, 6) is 0. The van der Waals surface area contributed by atoms with Gasteiger partial charge in [0.2, 0.25) is 0 Å². The number of ether oxygens (including phenoxy) is 1. The third kappa shape index (κ3) is 4.70. The molecular weight excluding hydrogens is 332 g/mol. The summed E-state index contributed by atoms with van der Waals surface area (Å²) in [6.45, 7) is 16.4. The lowest BCUT2D eigenvalue weighted by molar-refractivity contribution is 0.158. The lowest BCUT2D eigenvalue weighted by atomic mass is 10.1. The summed E-state index contributed by atoms with van der Waals surface area (Å²) in [6.07, 6.45) is 4.01. The van der Waals surface area contributed by atoms with Crippen molar-refractivity contribution in [3.05, 3.63) is 42.2 Å². The SMILES string of the molecule is C=C[C@H]1COC(=O)N1CCc1cccnc1CO[Si](C)(C)C(C)(C)C. The fraction of sp³-hybridized carbons (Fsp3) is 0.579. The summed E-state index contributed by atoms with van der Waals surface area (Å²) in [6, 6.07) is 3.94. The Morgan fingerprint density at radius 3 is 2.84 bits per heavy atom. The van der Waals surface area contributed by atoms with Crippen LogP contribution in [0.5, 0.6) is 0 Å². The summed E-state index contributed by atoms with van der Waals surface area (Å²) >= 11 is 0. The van der Waals surface area contributed by atoms with E-state index in [0.717, 1.165) is 17.7 Å². The van der Waals surface area contributed by atoms with Gasteiger partial charge in [-0.25, -0.2) is 4.79 Å². The minimum absolute atomic E-state index is 0.0453. The molecule has 6 heteroatoms. The zero-order valence-electron chi connectivity index (χ0n) is 16.0. The van der Waals surface area contributed by atoms with Crippen LogP contribution in [-0.4, -0.2) is 43.5 Å². The predicted octanol–water partition coefficient (Wildman–Crippen LogP) is 4.15. The van der Waals surface area contributed by atoms with Crippen molar-refractivity contribution in [1.82, 2.24) is 9.88 Å². The van der Waals surface area contributed by atoms with Crippen molar-refractivity contribution >= 4 is 14.4 Å². The minimum Gasteiger partial charge on any atom is -0.447 e. The molecule has 1 atom stereocenters. The summed E-state index contributed by atoms with van der Waals surface area (Å²) < 4.78 is 11.4. The molecule has 1 aromatic heterocycles. The van der Waals surface area contributed by atoms with Crippen LogP contribution in [0.25, 0.3) is 0 Å². The molecule has 0 N–H and O–H groups in total. The van der Waals surface area contributed by atoms with E-state index in [1.165, 1.54) is 0 Å². The van der Waals surface area contributed by atoms with Crippen molar-refractivity contribution in [3.63, 3.8) is 0 Å². The molecule has 0 aromatic carbocycles. The summed E-state index contributed by atoms with van der Waals surface area (Å²) in [4.78, 5) is 18.1. The molecule has 0 saturated carbocycles. The third-order valence-electron chi connectivity index (χ3n) is 5.27. The molecule has 1 aliphatic heterocycles. The first-order valence-corrected chi connectivity index (χ1v) is 11.7. The van der Waals surface area contributed by atoms with Crippen molar-refractivity contribution in [2.24, 2.45) is 0 Å². The number of amides is 1. The van der Waals surface area contributed by atoms with Gasteiger partial charge in [-0.15, -0.1) is 6.58 Å². The number of pyridine rings is 1. The maximum atomic E-state index is 11.8. The van der Waals surface area contributed by atoms with E-state index in [9.17, 15) is 4.79 Å². The quantitative estimate of drug-likeness (QED) is 0.540.